The van der Waals surface area contributed by atoms with Gasteiger partial charge in [-0.1, -0.05) is 35.9 Å². The third kappa shape index (κ3) is 3.11. The van der Waals surface area contributed by atoms with Gasteiger partial charge in [-0.3, -0.25) is 0 Å². The molecule has 0 saturated carbocycles. The fourth-order valence-electron chi connectivity index (χ4n) is 2.21. The van der Waals surface area contributed by atoms with Gasteiger partial charge in [0.15, 0.2) is 0 Å². The van der Waals surface area contributed by atoms with Crippen LogP contribution in [0.2, 0.25) is 5.02 Å². The first-order valence-electron chi connectivity index (χ1n) is 6.34. The van der Waals surface area contributed by atoms with Crippen molar-refractivity contribution >= 4 is 23.3 Å². The van der Waals surface area contributed by atoms with Crippen molar-refractivity contribution in [1.82, 2.24) is 0 Å². The predicted molar refractivity (Wildman–Crippen MR) is 81.6 cm³/mol. The summed E-state index contributed by atoms with van der Waals surface area (Å²) >= 11 is 5.95. The molecule has 0 amide bonds. The molecule has 4 heteroatoms. The molecular formula is C16H16ClNO2. The topological polar surface area (TPSA) is 49.3 Å². The molecule has 0 spiro atoms. The van der Waals surface area contributed by atoms with Crippen molar-refractivity contribution in [2.24, 2.45) is 0 Å². The van der Waals surface area contributed by atoms with Gasteiger partial charge in [0.25, 0.3) is 0 Å². The summed E-state index contributed by atoms with van der Waals surface area (Å²) in [6.07, 6.45) is 0. The van der Waals surface area contributed by atoms with E-state index in [-0.39, 0.29) is 11.6 Å². The molecule has 2 aromatic carbocycles. The van der Waals surface area contributed by atoms with Crippen LogP contribution < -0.4 is 5.32 Å². The van der Waals surface area contributed by atoms with Gasteiger partial charge >= 0.3 is 5.97 Å². The van der Waals surface area contributed by atoms with E-state index in [1.54, 1.807) is 12.1 Å². The third-order valence-electron chi connectivity index (χ3n) is 3.24. The van der Waals surface area contributed by atoms with Crippen molar-refractivity contribution in [2.45, 2.75) is 19.9 Å². The van der Waals surface area contributed by atoms with Crippen LogP contribution in [-0.2, 0) is 0 Å². The van der Waals surface area contributed by atoms with Crippen molar-refractivity contribution in [3.63, 3.8) is 0 Å². The van der Waals surface area contributed by atoms with E-state index in [2.05, 4.69) is 5.32 Å². The lowest BCUT2D eigenvalue weighted by atomic mass is 10.0. The molecule has 0 aliphatic carbocycles. The summed E-state index contributed by atoms with van der Waals surface area (Å²) in [6, 6.07) is 12.7. The molecule has 2 N–H and O–H groups in total. The second-order valence-electron chi connectivity index (χ2n) is 4.72. The van der Waals surface area contributed by atoms with Crippen molar-refractivity contribution in [2.75, 3.05) is 5.32 Å². The number of anilines is 1. The number of nitrogens with one attached hydrogen (secondary N) is 1. The molecule has 0 aliphatic rings. The Balaban J connectivity index is 2.32. The minimum absolute atomic E-state index is 0.00670. The number of hydrogen-bond donors (Lipinski definition) is 2. The fourth-order valence-corrected chi connectivity index (χ4v) is 2.38. The summed E-state index contributed by atoms with van der Waals surface area (Å²) in [4.78, 5) is 11.2. The van der Waals surface area contributed by atoms with Crippen LogP contribution in [0.3, 0.4) is 0 Å². The molecule has 1 unspecified atom stereocenters. The molecule has 104 valence electrons. The Hall–Kier alpha value is -2.00. The standard InChI is InChI=1S/C16H16ClNO2/c1-10-5-3-4-6-13(10)11(2)18-15-9-12(17)7-8-14(15)16(19)20/h3-9,11,18H,1-2H3,(H,19,20). The first-order valence-corrected chi connectivity index (χ1v) is 6.71. The highest BCUT2D eigenvalue weighted by Crippen LogP contribution is 2.27. The summed E-state index contributed by atoms with van der Waals surface area (Å²) in [5.74, 6) is -0.971. The molecular weight excluding hydrogens is 274 g/mol. The van der Waals surface area contributed by atoms with Gasteiger partial charge in [0.05, 0.1) is 11.3 Å². The second kappa shape index (κ2) is 5.97. The summed E-state index contributed by atoms with van der Waals surface area (Å²) in [5, 5.41) is 12.9. The molecule has 2 rings (SSSR count). The van der Waals surface area contributed by atoms with Crippen LogP contribution in [0.15, 0.2) is 42.5 Å². The van der Waals surface area contributed by atoms with Crippen molar-refractivity contribution in [3.8, 4) is 0 Å². The van der Waals surface area contributed by atoms with E-state index in [1.807, 2.05) is 38.1 Å². The highest BCUT2D eigenvalue weighted by molar-refractivity contribution is 6.31. The number of carbonyl (C=O) groups is 1. The molecule has 0 heterocycles. The molecule has 0 fully saturated rings. The fraction of sp³-hybridized carbons (Fsp3) is 0.188. The zero-order valence-electron chi connectivity index (χ0n) is 11.4. The Morgan fingerprint density at radius 3 is 2.60 bits per heavy atom. The van der Waals surface area contributed by atoms with Gasteiger partial charge in [0.2, 0.25) is 0 Å². The zero-order chi connectivity index (χ0) is 14.7. The number of halogens is 1. The van der Waals surface area contributed by atoms with Gasteiger partial charge in [0, 0.05) is 11.1 Å². The highest BCUT2D eigenvalue weighted by Gasteiger charge is 2.14. The van der Waals surface area contributed by atoms with Gasteiger partial charge in [-0.15, -0.1) is 0 Å². The largest absolute Gasteiger partial charge is 0.478 e. The summed E-state index contributed by atoms with van der Waals surface area (Å²) in [5.41, 5.74) is 3.03. The lowest BCUT2D eigenvalue weighted by Crippen LogP contribution is -2.11. The van der Waals surface area contributed by atoms with Gasteiger partial charge in [-0.2, -0.15) is 0 Å². The quantitative estimate of drug-likeness (QED) is 0.870. The number of benzene rings is 2. The number of aryl methyl sites for hydroxylation is 1. The van der Waals surface area contributed by atoms with Crippen LogP contribution in [0.25, 0.3) is 0 Å². The van der Waals surface area contributed by atoms with Crippen LogP contribution in [-0.4, -0.2) is 11.1 Å². The number of rotatable bonds is 4. The second-order valence-corrected chi connectivity index (χ2v) is 5.15. The van der Waals surface area contributed by atoms with E-state index in [1.165, 1.54) is 6.07 Å². The normalized spacial score (nSPS) is 11.9. The Morgan fingerprint density at radius 1 is 1.25 bits per heavy atom. The van der Waals surface area contributed by atoms with E-state index >= 15 is 0 Å². The number of carboxylic acid groups (broad SMARTS) is 1. The van der Waals surface area contributed by atoms with E-state index in [4.69, 9.17) is 11.6 Å². The maximum Gasteiger partial charge on any atom is 0.337 e. The van der Waals surface area contributed by atoms with Crippen molar-refractivity contribution in [3.05, 3.63) is 64.2 Å². The molecule has 0 bridgehead atoms. The molecule has 20 heavy (non-hydrogen) atoms. The first kappa shape index (κ1) is 14.4. The molecule has 0 saturated heterocycles. The van der Waals surface area contributed by atoms with Crippen molar-refractivity contribution in [1.29, 1.82) is 0 Å². The van der Waals surface area contributed by atoms with Crippen LogP contribution in [0, 0.1) is 6.92 Å². The minimum atomic E-state index is -0.971. The lowest BCUT2D eigenvalue weighted by molar-refractivity contribution is 0.0698. The van der Waals surface area contributed by atoms with E-state index in [0.717, 1.165) is 11.1 Å². The van der Waals surface area contributed by atoms with Crippen LogP contribution >= 0.6 is 11.6 Å². The summed E-state index contributed by atoms with van der Waals surface area (Å²) in [7, 11) is 0. The Labute approximate surface area is 123 Å². The molecule has 0 aromatic heterocycles. The molecule has 0 aliphatic heterocycles. The SMILES string of the molecule is Cc1ccccc1C(C)Nc1cc(Cl)ccc1C(=O)O. The van der Waals surface area contributed by atoms with Gasteiger partial charge in [-0.05, 0) is 43.2 Å². The zero-order valence-corrected chi connectivity index (χ0v) is 12.1. The molecule has 2 aromatic rings. The monoisotopic (exact) mass is 289 g/mol. The average Bonchev–Trinajstić information content (AvgIpc) is 2.38. The van der Waals surface area contributed by atoms with E-state index < -0.39 is 5.97 Å². The Bertz CT molecular complexity index is 640. The molecule has 1 atom stereocenters. The molecule has 0 radical (unpaired) electrons. The summed E-state index contributed by atoms with van der Waals surface area (Å²) in [6.45, 7) is 4.03. The van der Waals surface area contributed by atoms with Crippen LogP contribution in [0.1, 0.15) is 34.5 Å². The number of aromatic carboxylic acids is 1. The number of hydrogen-bond acceptors (Lipinski definition) is 2. The first-order chi connectivity index (χ1) is 9.49. The lowest BCUT2D eigenvalue weighted by Gasteiger charge is -2.19. The average molecular weight is 290 g/mol. The third-order valence-corrected chi connectivity index (χ3v) is 3.47. The number of carboxylic acids is 1. The van der Waals surface area contributed by atoms with E-state index in [0.29, 0.717) is 10.7 Å². The van der Waals surface area contributed by atoms with Crippen LogP contribution in [0.4, 0.5) is 5.69 Å². The van der Waals surface area contributed by atoms with Crippen molar-refractivity contribution < 1.29 is 9.90 Å². The predicted octanol–water partition coefficient (Wildman–Crippen LogP) is 4.52. The molecule has 3 nitrogen and oxygen atoms in total. The Morgan fingerprint density at radius 2 is 1.95 bits per heavy atom. The summed E-state index contributed by atoms with van der Waals surface area (Å²) < 4.78 is 0. The van der Waals surface area contributed by atoms with E-state index in [9.17, 15) is 9.90 Å². The Kier molecular flexibility index (Phi) is 4.30. The minimum Gasteiger partial charge on any atom is -0.478 e. The van der Waals surface area contributed by atoms with Crippen LogP contribution in [0.5, 0.6) is 0 Å². The smallest absolute Gasteiger partial charge is 0.337 e. The van der Waals surface area contributed by atoms with Gasteiger partial charge in [-0.25, -0.2) is 4.79 Å². The maximum atomic E-state index is 11.2. The van der Waals surface area contributed by atoms with Gasteiger partial charge in [0.1, 0.15) is 0 Å². The highest BCUT2D eigenvalue weighted by atomic mass is 35.5. The van der Waals surface area contributed by atoms with Gasteiger partial charge < -0.3 is 10.4 Å². The maximum absolute atomic E-state index is 11.2.